The molecule has 0 unspecified atom stereocenters. The van der Waals surface area contributed by atoms with Gasteiger partial charge in [-0.05, 0) is 67.6 Å². The van der Waals surface area contributed by atoms with Crippen LogP contribution in [0.5, 0.6) is 0 Å². The summed E-state index contributed by atoms with van der Waals surface area (Å²) < 4.78 is 20.6. The van der Waals surface area contributed by atoms with Crippen LogP contribution in [0.25, 0.3) is 22.8 Å². The van der Waals surface area contributed by atoms with E-state index in [1.54, 1.807) is 22.8 Å². The maximum atomic E-state index is 13.4. The minimum absolute atomic E-state index is 0. The first-order valence-corrected chi connectivity index (χ1v) is 12.8. The predicted octanol–water partition coefficient (Wildman–Crippen LogP) is 5.53. The van der Waals surface area contributed by atoms with Crippen molar-refractivity contribution < 1.29 is 13.7 Å². The van der Waals surface area contributed by atoms with E-state index >= 15 is 0 Å². The highest BCUT2D eigenvalue weighted by atomic mass is 35.5. The molecule has 0 radical (unpaired) electrons. The van der Waals surface area contributed by atoms with Crippen LogP contribution in [0, 0.1) is 5.82 Å². The summed E-state index contributed by atoms with van der Waals surface area (Å²) in [6.07, 6.45) is 3.50. The van der Waals surface area contributed by atoms with E-state index in [0.717, 1.165) is 31.2 Å². The van der Waals surface area contributed by atoms with E-state index in [4.69, 9.17) is 21.9 Å². The molecule has 2 aromatic carbocycles. The highest BCUT2D eigenvalue weighted by molar-refractivity contribution is 6.30. The van der Waals surface area contributed by atoms with Gasteiger partial charge in [0.2, 0.25) is 17.4 Å². The van der Waals surface area contributed by atoms with Gasteiger partial charge in [0.05, 0.1) is 0 Å². The first-order valence-electron chi connectivity index (χ1n) is 12.4. The van der Waals surface area contributed by atoms with Gasteiger partial charge in [-0.25, -0.2) is 4.39 Å². The van der Waals surface area contributed by atoms with Crippen molar-refractivity contribution in [2.24, 2.45) is 5.73 Å². The third kappa shape index (κ3) is 5.28. The maximum absolute atomic E-state index is 13.4. The van der Waals surface area contributed by atoms with Crippen LogP contribution in [0.3, 0.4) is 0 Å². The van der Waals surface area contributed by atoms with Crippen molar-refractivity contribution in [3.63, 3.8) is 0 Å². The summed E-state index contributed by atoms with van der Waals surface area (Å²) in [5.74, 6) is 0.711. The lowest BCUT2D eigenvalue weighted by atomic mass is 9.68. The van der Waals surface area contributed by atoms with Gasteiger partial charge < -0.3 is 15.2 Å². The van der Waals surface area contributed by atoms with Gasteiger partial charge in [0.15, 0.2) is 0 Å². The largest absolute Gasteiger partial charge is 0.352 e. The molecular weight excluding hydrogens is 566 g/mol. The number of fused-ring (bicyclic) bond motifs is 1. The number of nitrogens with two attached hydrogens (primary N) is 1. The summed E-state index contributed by atoms with van der Waals surface area (Å²) in [5.41, 5.74) is 8.59. The molecule has 2 N–H and O–H groups in total. The molecule has 0 bridgehead atoms. The van der Waals surface area contributed by atoms with Gasteiger partial charge in [-0.15, -0.1) is 35.0 Å². The Morgan fingerprint density at radius 2 is 1.74 bits per heavy atom. The van der Waals surface area contributed by atoms with Gasteiger partial charge in [-0.2, -0.15) is 0 Å². The smallest absolute Gasteiger partial charge is 0.292 e. The van der Waals surface area contributed by atoms with E-state index in [2.05, 4.69) is 21.4 Å². The summed E-state index contributed by atoms with van der Waals surface area (Å²) >= 11 is 6.25. The molecule has 206 valence electrons. The predicted molar refractivity (Wildman–Crippen MR) is 151 cm³/mol. The van der Waals surface area contributed by atoms with E-state index in [0.29, 0.717) is 47.8 Å². The Labute approximate surface area is 242 Å². The second-order valence-corrected chi connectivity index (χ2v) is 10.2. The molecule has 1 saturated carbocycles. The Morgan fingerprint density at radius 3 is 2.44 bits per heavy atom. The quantitative estimate of drug-likeness (QED) is 0.326. The Balaban J connectivity index is 0.00000176. The van der Waals surface area contributed by atoms with Crippen LogP contribution < -0.4 is 5.73 Å². The number of hydrogen-bond donors (Lipinski definition) is 1. The minimum atomic E-state index is -0.321. The highest BCUT2D eigenvalue weighted by Crippen LogP contribution is 2.41. The number of hydrogen-bond acceptors (Lipinski definition) is 6. The van der Waals surface area contributed by atoms with Crippen molar-refractivity contribution in [1.29, 1.82) is 0 Å². The summed E-state index contributed by atoms with van der Waals surface area (Å²) in [5, 5.41) is 13.3. The molecule has 3 heterocycles. The van der Waals surface area contributed by atoms with Crippen LogP contribution in [0.2, 0.25) is 5.02 Å². The standard InChI is InChI=1S/C27H26ClFN6O2.2ClH/c28-19-3-1-2-18(14-19)27(16-30)10-8-21(9-11-27)34-12-13-35-24(31-32-25(35)26(34)36)23-15-22(33-37-23)17-4-6-20(29)7-5-17;;/h1-7,14-15,21H,8-13,16,30H2;2*1H. The van der Waals surface area contributed by atoms with Gasteiger partial charge >= 0.3 is 0 Å². The van der Waals surface area contributed by atoms with Crippen LogP contribution in [0.15, 0.2) is 59.1 Å². The molecule has 1 fully saturated rings. The van der Waals surface area contributed by atoms with Gasteiger partial charge in [-0.1, -0.05) is 28.9 Å². The Kier molecular flexibility index (Phi) is 8.66. The maximum Gasteiger partial charge on any atom is 0.292 e. The fraction of sp³-hybridized carbons (Fsp3) is 0.333. The fourth-order valence-corrected chi connectivity index (χ4v) is 5.86. The summed E-state index contributed by atoms with van der Waals surface area (Å²) in [6.45, 7) is 1.67. The summed E-state index contributed by atoms with van der Waals surface area (Å²) in [7, 11) is 0. The third-order valence-corrected chi connectivity index (χ3v) is 8.05. The van der Waals surface area contributed by atoms with E-state index in [1.807, 2.05) is 23.1 Å². The average Bonchev–Trinajstić information content (AvgIpc) is 3.57. The van der Waals surface area contributed by atoms with E-state index in [-0.39, 0.29) is 48.0 Å². The first kappa shape index (κ1) is 29.0. The van der Waals surface area contributed by atoms with E-state index in [9.17, 15) is 9.18 Å². The molecule has 1 amide bonds. The van der Waals surface area contributed by atoms with Gasteiger partial charge in [-0.3, -0.25) is 9.36 Å². The number of rotatable bonds is 5. The molecule has 6 rings (SSSR count). The number of nitrogens with zero attached hydrogens (tertiary/aromatic N) is 5. The highest BCUT2D eigenvalue weighted by Gasteiger charge is 2.41. The number of halogens is 4. The summed E-state index contributed by atoms with van der Waals surface area (Å²) in [4.78, 5) is 15.4. The zero-order valence-electron chi connectivity index (χ0n) is 20.9. The molecule has 4 aromatic rings. The minimum Gasteiger partial charge on any atom is -0.352 e. The zero-order valence-corrected chi connectivity index (χ0v) is 23.3. The second-order valence-electron chi connectivity index (χ2n) is 9.81. The van der Waals surface area contributed by atoms with Crippen LogP contribution in [-0.2, 0) is 12.0 Å². The molecular formula is C27H28Cl3FN6O2. The molecule has 39 heavy (non-hydrogen) atoms. The molecule has 0 spiro atoms. The lowest BCUT2D eigenvalue weighted by molar-refractivity contribution is 0.0523. The lowest BCUT2D eigenvalue weighted by Gasteiger charge is -2.44. The third-order valence-electron chi connectivity index (χ3n) is 7.82. The van der Waals surface area contributed by atoms with Crippen LogP contribution in [0.4, 0.5) is 4.39 Å². The molecule has 1 aliphatic carbocycles. The van der Waals surface area contributed by atoms with E-state index in [1.165, 1.54) is 17.7 Å². The van der Waals surface area contributed by atoms with Crippen LogP contribution in [0.1, 0.15) is 41.9 Å². The van der Waals surface area contributed by atoms with E-state index < -0.39 is 0 Å². The number of carbonyl (C=O) groups excluding carboxylic acids is 1. The zero-order chi connectivity index (χ0) is 25.6. The van der Waals surface area contributed by atoms with Crippen LogP contribution >= 0.6 is 36.4 Å². The van der Waals surface area contributed by atoms with Crippen molar-refractivity contribution in [3.8, 4) is 22.8 Å². The molecule has 12 heteroatoms. The number of carbonyl (C=O) groups is 1. The molecule has 0 saturated heterocycles. The molecule has 2 aromatic heterocycles. The Bertz CT molecular complexity index is 1450. The van der Waals surface area contributed by atoms with Gasteiger partial charge in [0.1, 0.15) is 11.5 Å². The van der Waals surface area contributed by atoms with Crippen molar-refractivity contribution in [1.82, 2.24) is 24.8 Å². The van der Waals surface area contributed by atoms with Crippen molar-refractivity contribution in [2.75, 3.05) is 13.1 Å². The number of amides is 1. The number of aromatic nitrogens is 4. The molecule has 0 atom stereocenters. The van der Waals surface area contributed by atoms with Crippen LogP contribution in [-0.4, -0.2) is 49.9 Å². The van der Waals surface area contributed by atoms with Crippen molar-refractivity contribution in [3.05, 3.63) is 76.8 Å². The fourth-order valence-electron chi connectivity index (χ4n) is 5.67. The second kappa shape index (κ2) is 11.6. The van der Waals surface area contributed by atoms with Gasteiger partial charge in [0, 0.05) is 47.7 Å². The first-order chi connectivity index (χ1) is 18.0. The van der Waals surface area contributed by atoms with Crippen molar-refractivity contribution >= 4 is 42.3 Å². The molecule has 2 aliphatic rings. The summed E-state index contributed by atoms with van der Waals surface area (Å²) in [6, 6.07) is 15.8. The Hall–Kier alpha value is -2.98. The lowest BCUT2D eigenvalue weighted by Crippen LogP contribution is -2.50. The average molecular weight is 594 g/mol. The normalized spacial score (nSPS) is 20.6. The SMILES string of the molecule is Cl.Cl.NCC1(c2cccc(Cl)c2)CCC(N2CCn3c(nnc3-c3cc(-c4ccc(F)cc4)no3)C2=O)CC1. The molecule has 1 aliphatic heterocycles. The van der Waals surface area contributed by atoms with Gasteiger partial charge in [0.25, 0.3) is 5.91 Å². The number of benzene rings is 2. The topological polar surface area (TPSA) is 103 Å². The Morgan fingerprint density at radius 1 is 1.03 bits per heavy atom. The van der Waals surface area contributed by atoms with Crippen molar-refractivity contribution in [2.45, 2.75) is 43.7 Å². The monoisotopic (exact) mass is 592 g/mol. The molecule has 8 nitrogen and oxygen atoms in total.